The first-order valence-electron chi connectivity index (χ1n) is 10.2. The van der Waals surface area contributed by atoms with E-state index < -0.39 is 0 Å². The second-order valence-corrected chi connectivity index (χ2v) is 8.14. The molecular weight excluding hydrogens is 412 g/mol. The number of carbonyl (C=O) groups excluding carboxylic acids is 3. The van der Waals surface area contributed by atoms with E-state index >= 15 is 0 Å². The van der Waals surface area contributed by atoms with Crippen molar-refractivity contribution >= 4 is 29.1 Å². The van der Waals surface area contributed by atoms with Crippen LogP contribution in [0.4, 0.5) is 0 Å². The number of hydrogen-bond acceptors (Lipinski definition) is 6. The lowest BCUT2D eigenvalue weighted by Crippen LogP contribution is -2.30. The first-order chi connectivity index (χ1) is 15.1. The van der Waals surface area contributed by atoms with E-state index in [1.165, 1.54) is 16.2 Å². The highest BCUT2D eigenvalue weighted by Crippen LogP contribution is 2.23. The van der Waals surface area contributed by atoms with Crippen molar-refractivity contribution in [1.82, 2.24) is 20.2 Å². The largest absolute Gasteiger partial charge is 0.350 e. The van der Waals surface area contributed by atoms with Gasteiger partial charge >= 0.3 is 0 Å². The highest BCUT2D eigenvalue weighted by Gasteiger charge is 2.34. The Labute approximate surface area is 184 Å². The highest BCUT2D eigenvalue weighted by molar-refractivity contribution is 7.13. The minimum Gasteiger partial charge on any atom is -0.350 e. The summed E-state index contributed by atoms with van der Waals surface area (Å²) in [6.07, 6.45) is 6.04. The Morgan fingerprint density at radius 3 is 2.48 bits per heavy atom. The van der Waals surface area contributed by atoms with Gasteiger partial charge in [-0.3, -0.25) is 24.3 Å². The lowest BCUT2D eigenvalue weighted by molar-refractivity contribution is -0.121. The van der Waals surface area contributed by atoms with Gasteiger partial charge in [0.15, 0.2) is 0 Å². The van der Waals surface area contributed by atoms with Gasteiger partial charge in [0, 0.05) is 36.3 Å². The molecule has 4 rings (SSSR count). The molecule has 1 aliphatic rings. The monoisotopic (exact) mass is 434 g/mol. The Morgan fingerprint density at radius 1 is 1.00 bits per heavy atom. The SMILES string of the molecule is O=C(CCCCCN1C(=O)c2ccccc2C1=O)NCc1csc(-c2cccnc2)n1. The third-order valence-corrected chi connectivity index (χ3v) is 6.03. The van der Waals surface area contributed by atoms with Crippen molar-refractivity contribution < 1.29 is 14.4 Å². The van der Waals surface area contributed by atoms with E-state index in [1.54, 1.807) is 36.7 Å². The molecule has 7 nitrogen and oxygen atoms in total. The van der Waals surface area contributed by atoms with Crippen molar-refractivity contribution in [2.45, 2.75) is 32.2 Å². The summed E-state index contributed by atoms with van der Waals surface area (Å²) < 4.78 is 0. The number of nitrogens with one attached hydrogen (secondary N) is 1. The smallest absolute Gasteiger partial charge is 0.261 e. The molecule has 158 valence electrons. The number of thiazole rings is 1. The van der Waals surface area contributed by atoms with Gasteiger partial charge in [-0.05, 0) is 37.1 Å². The van der Waals surface area contributed by atoms with Gasteiger partial charge in [0.25, 0.3) is 11.8 Å². The third-order valence-electron chi connectivity index (χ3n) is 5.09. The van der Waals surface area contributed by atoms with Gasteiger partial charge in [0.1, 0.15) is 5.01 Å². The maximum absolute atomic E-state index is 12.3. The van der Waals surface area contributed by atoms with Crippen molar-refractivity contribution in [2.75, 3.05) is 6.54 Å². The number of nitrogens with zero attached hydrogens (tertiary/aromatic N) is 3. The van der Waals surface area contributed by atoms with E-state index in [2.05, 4.69) is 15.3 Å². The zero-order valence-corrected chi connectivity index (χ0v) is 17.7. The van der Waals surface area contributed by atoms with E-state index in [0.717, 1.165) is 22.7 Å². The zero-order valence-electron chi connectivity index (χ0n) is 16.9. The molecule has 3 aromatic rings. The van der Waals surface area contributed by atoms with Gasteiger partial charge in [-0.25, -0.2) is 4.98 Å². The molecular formula is C23H22N4O3S. The maximum atomic E-state index is 12.3. The normalized spacial score (nSPS) is 12.8. The van der Waals surface area contributed by atoms with Crippen LogP contribution < -0.4 is 5.32 Å². The topological polar surface area (TPSA) is 92.3 Å². The van der Waals surface area contributed by atoms with Gasteiger partial charge in [-0.15, -0.1) is 11.3 Å². The Morgan fingerprint density at radius 2 is 1.77 bits per heavy atom. The van der Waals surface area contributed by atoms with Crippen LogP contribution in [0.1, 0.15) is 52.1 Å². The molecule has 0 spiro atoms. The number of unbranched alkanes of at least 4 members (excludes halogenated alkanes) is 2. The molecule has 8 heteroatoms. The molecule has 1 aliphatic heterocycles. The Kier molecular flexibility index (Phi) is 6.47. The molecule has 1 N–H and O–H groups in total. The van der Waals surface area contributed by atoms with Crippen LogP contribution in [0.5, 0.6) is 0 Å². The molecule has 31 heavy (non-hydrogen) atoms. The molecule has 0 saturated carbocycles. The summed E-state index contributed by atoms with van der Waals surface area (Å²) in [5.74, 6) is -0.490. The molecule has 3 amide bonds. The molecule has 3 heterocycles. The fourth-order valence-corrected chi connectivity index (χ4v) is 4.27. The van der Waals surface area contributed by atoms with Crippen molar-refractivity contribution in [3.8, 4) is 10.6 Å². The van der Waals surface area contributed by atoms with Gasteiger partial charge in [0.2, 0.25) is 5.91 Å². The van der Waals surface area contributed by atoms with Crippen molar-refractivity contribution in [1.29, 1.82) is 0 Å². The Balaban J connectivity index is 1.15. The first-order valence-corrected chi connectivity index (χ1v) is 11.1. The van der Waals surface area contributed by atoms with Crippen LogP contribution in [0.2, 0.25) is 0 Å². The summed E-state index contributed by atoms with van der Waals surface area (Å²) in [4.78, 5) is 46.7. The minimum absolute atomic E-state index is 0.0309. The summed E-state index contributed by atoms with van der Waals surface area (Å²) in [7, 11) is 0. The quantitative estimate of drug-likeness (QED) is 0.410. The van der Waals surface area contributed by atoms with Crippen LogP contribution in [-0.2, 0) is 11.3 Å². The average molecular weight is 435 g/mol. The van der Waals surface area contributed by atoms with E-state index in [-0.39, 0.29) is 17.7 Å². The summed E-state index contributed by atoms with van der Waals surface area (Å²) in [6.45, 7) is 0.772. The molecule has 0 unspecified atom stereocenters. The lowest BCUT2D eigenvalue weighted by Gasteiger charge is -2.13. The number of aromatic nitrogens is 2. The third kappa shape index (κ3) is 4.86. The van der Waals surface area contributed by atoms with E-state index in [1.807, 2.05) is 17.5 Å². The predicted molar refractivity (Wildman–Crippen MR) is 117 cm³/mol. The number of hydrogen-bond donors (Lipinski definition) is 1. The fraction of sp³-hybridized carbons (Fsp3) is 0.261. The van der Waals surface area contributed by atoms with Gasteiger partial charge in [-0.1, -0.05) is 18.6 Å². The lowest BCUT2D eigenvalue weighted by atomic mass is 10.1. The fourth-order valence-electron chi connectivity index (χ4n) is 3.46. The van der Waals surface area contributed by atoms with Crippen molar-refractivity contribution in [3.63, 3.8) is 0 Å². The van der Waals surface area contributed by atoms with Crippen LogP contribution in [0.15, 0.2) is 54.2 Å². The van der Waals surface area contributed by atoms with Gasteiger partial charge in [-0.2, -0.15) is 0 Å². The van der Waals surface area contributed by atoms with Crippen LogP contribution in [-0.4, -0.2) is 39.1 Å². The number of benzene rings is 1. The van der Waals surface area contributed by atoms with Crippen molar-refractivity contribution in [3.05, 3.63) is 71.0 Å². The molecule has 0 aliphatic carbocycles. The van der Waals surface area contributed by atoms with Crippen molar-refractivity contribution in [2.24, 2.45) is 0 Å². The number of fused-ring (bicyclic) bond motifs is 1. The van der Waals surface area contributed by atoms with Crippen LogP contribution >= 0.6 is 11.3 Å². The number of rotatable bonds is 9. The molecule has 0 bridgehead atoms. The molecule has 1 aromatic carbocycles. The maximum Gasteiger partial charge on any atom is 0.261 e. The zero-order chi connectivity index (χ0) is 21.6. The van der Waals surface area contributed by atoms with E-state index in [0.29, 0.717) is 43.5 Å². The highest BCUT2D eigenvalue weighted by atomic mass is 32.1. The standard InChI is InChI=1S/C23H22N4O3S/c28-20(25-14-17-15-31-21(26-17)16-7-6-11-24-13-16)10-2-1-5-12-27-22(29)18-8-3-4-9-19(18)23(27)30/h3-4,6-9,11,13,15H,1-2,5,10,12,14H2,(H,25,28). The summed E-state index contributed by atoms with van der Waals surface area (Å²) >= 11 is 1.52. The summed E-state index contributed by atoms with van der Waals surface area (Å²) in [6, 6.07) is 10.7. The van der Waals surface area contributed by atoms with Gasteiger partial charge < -0.3 is 5.32 Å². The summed E-state index contributed by atoms with van der Waals surface area (Å²) in [5, 5.41) is 5.71. The average Bonchev–Trinajstić information content (AvgIpc) is 3.37. The predicted octanol–water partition coefficient (Wildman–Crippen LogP) is 3.68. The van der Waals surface area contributed by atoms with E-state index in [9.17, 15) is 14.4 Å². The van der Waals surface area contributed by atoms with Crippen LogP contribution in [0.3, 0.4) is 0 Å². The molecule has 0 radical (unpaired) electrons. The van der Waals surface area contributed by atoms with Crippen LogP contribution in [0.25, 0.3) is 10.6 Å². The Bertz CT molecular complexity index is 1060. The minimum atomic E-state index is -0.229. The molecule has 2 aromatic heterocycles. The van der Waals surface area contributed by atoms with Crippen LogP contribution in [0, 0.1) is 0 Å². The van der Waals surface area contributed by atoms with Gasteiger partial charge in [0.05, 0.1) is 23.4 Å². The van der Waals surface area contributed by atoms with E-state index in [4.69, 9.17) is 0 Å². The number of imide groups is 1. The first kappa shape index (κ1) is 20.9. The second-order valence-electron chi connectivity index (χ2n) is 7.28. The second kappa shape index (κ2) is 9.61. The number of amides is 3. The number of pyridine rings is 1. The number of carbonyl (C=O) groups is 3. The summed E-state index contributed by atoms with van der Waals surface area (Å²) in [5.41, 5.74) is 2.73. The Hall–Kier alpha value is -3.39. The molecule has 0 atom stereocenters. The molecule has 0 fully saturated rings. The molecule has 0 saturated heterocycles.